The molecule has 0 aromatic carbocycles. The largest absolute Gasteiger partial charge is 0.462 e. The molecule has 0 heterocycles. The smallest absolute Gasteiger partial charge is 0.396 e. The van der Waals surface area contributed by atoms with Gasteiger partial charge in [0.25, 0.3) is 0 Å². The number of nitrogens with one attached hydrogen (secondary N) is 1. The summed E-state index contributed by atoms with van der Waals surface area (Å²) < 4.78 is 19.5. The van der Waals surface area contributed by atoms with E-state index in [9.17, 15) is 28.8 Å². The van der Waals surface area contributed by atoms with Crippen molar-refractivity contribution < 1.29 is 47.7 Å². The van der Waals surface area contributed by atoms with Crippen LogP contribution in [0.1, 0.15) is 73.1 Å². The van der Waals surface area contributed by atoms with Crippen LogP contribution in [0.3, 0.4) is 0 Å². The van der Waals surface area contributed by atoms with Crippen molar-refractivity contribution in [3.05, 3.63) is 24.3 Å². The number of amides is 1. The summed E-state index contributed by atoms with van der Waals surface area (Å²) in [4.78, 5) is 70.2. The highest BCUT2D eigenvalue weighted by Gasteiger charge is 2.25. The standard InChI is InChI=1S/C28H43NO10/c1-19(2)24(32)36-14-8-16-38-26(34)22(30)10-12-28(6,7)18-21(5)11-13-29-23(31)27(35)39-17-9-15-37-25(33)20(3)4/h21H,1,3,8-18H2,2,4-7H3,(H,29,31). The third-order valence-electron chi connectivity index (χ3n) is 5.47. The minimum absolute atomic E-state index is 0.0292. The first-order valence-corrected chi connectivity index (χ1v) is 13.0. The summed E-state index contributed by atoms with van der Waals surface area (Å²) in [5.41, 5.74) is 0.298. The lowest BCUT2D eigenvalue weighted by molar-refractivity contribution is -0.155. The predicted octanol–water partition coefficient (Wildman–Crippen LogP) is 3.00. The van der Waals surface area contributed by atoms with Crippen LogP contribution in [-0.2, 0) is 47.7 Å². The maximum Gasteiger partial charge on any atom is 0.396 e. The molecule has 0 aliphatic rings. The number of carbonyl (C=O) groups is 6. The van der Waals surface area contributed by atoms with Gasteiger partial charge in [-0.05, 0) is 44.4 Å². The molecule has 1 N–H and O–H groups in total. The summed E-state index contributed by atoms with van der Waals surface area (Å²) in [6, 6.07) is 0. The maximum atomic E-state index is 12.1. The second-order valence-corrected chi connectivity index (χ2v) is 10.3. The minimum atomic E-state index is -1.01. The summed E-state index contributed by atoms with van der Waals surface area (Å²) in [7, 11) is 0. The Morgan fingerprint density at radius 2 is 1.18 bits per heavy atom. The predicted molar refractivity (Wildman–Crippen MR) is 142 cm³/mol. The topological polar surface area (TPSA) is 151 Å². The fourth-order valence-electron chi connectivity index (χ4n) is 3.38. The van der Waals surface area contributed by atoms with Gasteiger partial charge in [-0.3, -0.25) is 9.59 Å². The van der Waals surface area contributed by atoms with E-state index in [0.717, 1.165) is 6.42 Å². The van der Waals surface area contributed by atoms with Crippen LogP contribution < -0.4 is 5.32 Å². The minimum Gasteiger partial charge on any atom is -0.462 e. The highest BCUT2D eigenvalue weighted by molar-refractivity contribution is 6.33. The van der Waals surface area contributed by atoms with Gasteiger partial charge in [-0.15, -0.1) is 0 Å². The first-order valence-electron chi connectivity index (χ1n) is 13.0. The molecular formula is C28H43NO10. The summed E-state index contributed by atoms with van der Waals surface area (Å²) in [5.74, 6) is -4.26. The molecule has 1 unspecified atom stereocenters. The van der Waals surface area contributed by atoms with Gasteiger partial charge in [-0.1, -0.05) is 33.9 Å². The van der Waals surface area contributed by atoms with E-state index in [2.05, 4.69) is 18.5 Å². The molecule has 0 rings (SSSR count). The number of hydrogen-bond donors (Lipinski definition) is 1. The average molecular weight is 554 g/mol. The monoisotopic (exact) mass is 553 g/mol. The van der Waals surface area contributed by atoms with E-state index in [1.807, 2.05) is 20.8 Å². The van der Waals surface area contributed by atoms with Crippen LogP contribution in [0.4, 0.5) is 0 Å². The molecule has 1 amide bonds. The first kappa shape index (κ1) is 35.5. The van der Waals surface area contributed by atoms with Crippen molar-refractivity contribution in [3.63, 3.8) is 0 Å². The van der Waals surface area contributed by atoms with Crippen LogP contribution in [-0.4, -0.2) is 68.5 Å². The first-order chi connectivity index (χ1) is 18.2. The quantitative estimate of drug-likeness (QED) is 0.0831. The Balaban J connectivity index is 4.12. The normalized spacial score (nSPS) is 11.5. The molecule has 0 aromatic rings. The Hall–Kier alpha value is -3.50. The van der Waals surface area contributed by atoms with Crippen molar-refractivity contribution >= 4 is 35.6 Å². The lowest BCUT2D eigenvalue weighted by Crippen LogP contribution is -2.34. The van der Waals surface area contributed by atoms with Gasteiger partial charge in [-0.2, -0.15) is 0 Å². The fourth-order valence-corrected chi connectivity index (χ4v) is 3.38. The zero-order valence-corrected chi connectivity index (χ0v) is 23.9. The third-order valence-corrected chi connectivity index (χ3v) is 5.47. The lowest BCUT2D eigenvalue weighted by atomic mass is 9.78. The van der Waals surface area contributed by atoms with Crippen molar-refractivity contribution in [2.24, 2.45) is 11.3 Å². The molecule has 0 saturated heterocycles. The van der Waals surface area contributed by atoms with Gasteiger partial charge in [0.05, 0.1) is 26.4 Å². The van der Waals surface area contributed by atoms with Gasteiger partial charge in [-0.25, -0.2) is 19.2 Å². The zero-order valence-electron chi connectivity index (χ0n) is 23.9. The molecule has 11 nitrogen and oxygen atoms in total. The molecule has 0 fully saturated rings. The summed E-state index contributed by atoms with van der Waals surface area (Å²) in [5, 5.41) is 2.52. The SMILES string of the molecule is C=C(C)C(=O)OCCCOC(=O)C(=O)CCC(C)(C)CC(C)CCNC(=O)C(=O)OCCCOC(=O)C(=C)C. The van der Waals surface area contributed by atoms with Crippen molar-refractivity contribution in [3.8, 4) is 0 Å². The Morgan fingerprint density at radius 3 is 1.64 bits per heavy atom. The van der Waals surface area contributed by atoms with E-state index in [1.54, 1.807) is 0 Å². The van der Waals surface area contributed by atoms with Crippen LogP contribution >= 0.6 is 0 Å². The maximum absolute atomic E-state index is 12.1. The average Bonchev–Trinajstić information content (AvgIpc) is 2.85. The van der Waals surface area contributed by atoms with Crippen molar-refractivity contribution in [1.29, 1.82) is 0 Å². The second kappa shape index (κ2) is 18.7. The van der Waals surface area contributed by atoms with E-state index in [1.165, 1.54) is 13.8 Å². The Labute approximate surface area is 230 Å². The van der Waals surface area contributed by atoms with Crippen molar-refractivity contribution in [2.75, 3.05) is 33.0 Å². The third kappa shape index (κ3) is 17.6. The van der Waals surface area contributed by atoms with E-state index >= 15 is 0 Å². The number of ketones is 1. The van der Waals surface area contributed by atoms with Gasteiger partial charge in [0, 0.05) is 37.0 Å². The van der Waals surface area contributed by atoms with Gasteiger partial charge >= 0.3 is 29.8 Å². The molecule has 39 heavy (non-hydrogen) atoms. The van der Waals surface area contributed by atoms with E-state index < -0.39 is 35.6 Å². The molecule has 11 heteroatoms. The summed E-state index contributed by atoms with van der Waals surface area (Å²) in [6.07, 6.45) is 2.39. The van der Waals surface area contributed by atoms with E-state index in [-0.39, 0.29) is 74.7 Å². The van der Waals surface area contributed by atoms with E-state index in [4.69, 9.17) is 18.9 Å². The van der Waals surface area contributed by atoms with Gasteiger partial charge in [0.15, 0.2) is 0 Å². The van der Waals surface area contributed by atoms with Gasteiger partial charge in [0.1, 0.15) is 0 Å². The van der Waals surface area contributed by atoms with Crippen LogP contribution in [0, 0.1) is 11.3 Å². The van der Waals surface area contributed by atoms with E-state index in [0.29, 0.717) is 12.8 Å². The molecule has 1 atom stereocenters. The molecule has 0 saturated carbocycles. The number of esters is 4. The molecule has 0 aromatic heterocycles. The van der Waals surface area contributed by atoms with Crippen molar-refractivity contribution in [1.82, 2.24) is 5.32 Å². The molecule has 220 valence electrons. The Kier molecular flexibility index (Phi) is 17.0. The van der Waals surface area contributed by atoms with Crippen LogP contribution in [0.5, 0.6) is 0 Å². The number of ether oxygens (including phenoxy) is 4. The van der Waals surface area contributed by atoms with Gasteiger partial charge in [0.2, 0.25) is 5.78 Å². The highest BCUT2D eigenvalue weighted by Crippen LogP contribution is 2.31. The highest BCUT2D eigenvalue weighted by atomic mass is 16.6. The van der Waals surface area contributed by atoms with Crippen molar-refractivity contribution in [2.45, 2.75) is 73.1 Å². The number of hydrogen-bond acceptors (Lipinski definition) is 10. The molecular weight excluding hydrogens is 510 g/mol. The molecule has 0 bridgehead atoms. The number of Topliss-reactive ketones (excluding diaryl/α,β-unsaturated/α-hetero) is 1. The fraction of sp³-hybridized carbons (Fsp3) is 0.643. The van der Waals surface area contributed by atoms with Crippen LogP contribution in [0.15, 0.2) is 24.3 Å². The lowest BCUT2D eigenvalue weighted by Gasteiger charge is -2.28. The number of rotatable bonds is 19. The second-order valence-electron chi connectivity index (χ2n) is 10.3. The Bertz CT molecular complexity index is 906. The molecule has 0 aliphatic carbocycles. The van der Waals surface area contributed by atoms with Crippen LogP contribution in [0.2, 0.25) is 0 Å². The van der Waals surface area contributed by atoms with Gasteiger partial charge < -0.3 is 24.3 Å². The zero-order chi connectivity index (χ0) is 30.0. The summed E-state index contributed by atoms with van der Waals surface area (Å²) >= 11 is 0. The Morgan fingerprint density at radius 1 is 0.744 bits per heavy atom. The molecule has 0 radical (unpaired) electrons. The number of carbonyl (C=O) groups excluding carboxylic acids is 6. The molecule has 0 aliphatic heterocycles. The molecule has 0 spiro atoms. The van der Waals surface area contributed by atoms with Crippen LogP contribution in [0.25, 0.3) is 0 Å². The summed E-state index contributed by atoms with van der Waals surface area (Å²) in [6.45, 7) is 16.2.